The second-order valence-corrected chi connectivity index (χ2v) is 7.29. The fourth-order valence-electron chi connectivity index (χ4n) is 3.67. The summed E-state index contributed by atoms with van der Waals surface area (Å²) in [6.07, 6.45) is 10.9. The van der Waals surface area contributed by atoms with Gasteiger partial charge in [0.25, 0.3) is 0 Å². The Labute approximate surface area is 147 Å². The average Bonchev–Trinajstić information content (AvgIpc) is 2.60. The zero-order chi connectivity index (χ0) is 17.2. The number of ether oxygens (including phenoxy) is 1. The minimum absolute atomic E-state index is 0.179. The number of rotatable bonds is 9. The summed E-state index contributed by atoms with van der Waals surface area (Å²) in [6.45, 7) is 2.88. The number of carbonyl (C=O) groups is 1. The van der Waals surface area contributed by atoms with Gasteiger partial charge in [0, 0.05) is 6.92 Å². The first-order valence-electron chi connectivity index (χ1n) is 9.58. The van der Waals surface area contributed by atoms with E-state index < -0.39 is 0 Å². The van der Waals surface area contributed by atoms with E-state index in [0.29, 0.717) is 6.61 Å². The largest absolute Gasteiger partial charge is 0.466 e. The molecule has 0 radical (unpaired) electrons. The van der Waals surface area contributed by atoms with Gasteiger partial charge in [-0.1, -0.05) is 24.3 Å². The number of esters is 1. The van der Waals surface area contributed by atoms with Gasteiger partial charge in [0.15, 0.2) is 0 Å². The van der Waals surface area contributed by atoms with Crippen LogP contribution in [0.3, 0.4) is 0 Å². The summed E-state index contributed by atoms with van der Waals surface area (Å²) < 4.78 is 4.95. The summed E-state index contributed by atoms with van der Waals surface area (Å²) in [4.78, 5) is 10.7. The highest BCUT2D eigenvalue weighted by Gasteiger charge is 2.20. The molecule has 2 N–H and O–H groups in total. The molecule has 1 saturated carbocycles. The summed E-state index contributed by atoms with van der Waals surface area (Å²) in [5.74, 6) is 1.44. The molecule has 2 rings (SSSR count). The smallest absolute Gasteiger partial charge is 0.302 e. The quantitative estimate of drug-likeness (QED) is 0.543. The predicted molar refractivity (Wildman–Crippen MR) is 98.8 cm³/mol. The van der Waals surface area contributed by atoms with Crippen LogP contribution in [0.5, 0.6) is 0 Å². The van der Waals surface area contributed by atoms with Crippen molar-refractivity contribution in [3.05, 3.63) is 35.4 Å². The van der Waals surface area contributed by atoms with Crippen molar-refractivity contribution in [2.24, 2.45) is 17.6 Å². The molecule has 24 heavy (non-hydrogen) atoms. The van der Waals surface area contributed by atoms with E-state index in [1.807, 2.05) is 0 Å². The van der Waals surface area contributed by atoms with Crippen molar-refractivity contribution in [1.29, 1.82) is 0 Å². The van der Waals surface area contributed by atoms with Crippen LogP contribution in [0.4, 0.5) is 0 Å². The Balaban J connectivity index is 1.63. The maximum absolute atomic E-state index is 10.7. The Morgan fingerprint density at radius 2 is 1.62 bits per heavy atom. The van der Waals surface area contributed by atoms with Crippen LogP contribution in [-0.4, -0.2) is 19.1 Å². The van der Waals surface area contributed by atoms with Gasteiger partial charge in [0.2, 0.25) is 0 Å². The van der Waals surface area contributed by atoms with Gasteiger partial charge in [-0.05, 0) is 87.3 Å². The summed E-state index contributed by atoms with van der Waals surface area (Å²) in [5, 5.41) is 0. The molecule has 1 fully saturated rings. The number of hydrogen-bond donors (Lipinski definition) is 1. The van der Waals surface area contributed by atoms with Gasteiger partial charge >= 0.3 is 5.97 Å². The maximum atomic E-state index is 10.7. The normalized spacial score (nSPS) is 20.8. The summed E-state index contributed by atoms with van der Waals surface area (Å²) >= 11 is 0. The van der Waals surface area contributed by atoms with Crippen LogP contribution in [0.2, 0.25) is 0 Å². The molecule has 0 aliphatic heterocycles. The molecule has 0 spiro atoms. The van der Waals surface area contributed by atoms with Crippen molar-refractivity contribution in [2.45, 2.75) is 64.7 Å². The number of hydrogen-bond acceptors (Lipinski definition) is 3. The lowest BCUT2D eigenvalue weighted by atomic mass is 9.79. The zero-order valence-electron chi connectivity index (χ0n) is 15.1. The summed E-state index contributed by atoms with van der Waals surface area (Å²) in [5.41, 5.74) is 8.67. The van der Waals surface area contributed by atoms with E-state index in [2.05, 4.69) is 24.3 Å². The minimum atomic E-state index is -0.179. The van der Waals surface area contributed by atoms with Gasteiger partial charge in [-0.3, -0.25) is 4.79 Å². The lowest BCUT2D eigenvalue weighted by Gasteiger charge is -2.27. The number of carbonyl (C=O) groups excluding carboxylic acids is 1. The van der Waals surface area contributed by atoms with Crippen molar-refractivity contribution in [2.75, 3.05) is 13.2 Å². The van der Waals surface area contributed by atoms with Crippen molar-refractivity contribution in [3.8, 4) is 0 Å². The second-order valence-electron chi connectivity index (χ2n) is 7.29. The van der Waals surface area contributed by atoms with Crippen molar-refractivity contribution >= 4 is 5.97 Å². The Morgan fingerprint density at radius 1 is 1.00 bits per heavy atom. The van der Waals surface area contributed by atoms with Gasteiger partial charge < -0.3 is 10.5 Å². The third-order valence-corrected chi connectivity index (χ3v) is 5.26. The van der Waals surface area contributed by atoms with E-state index in [4.69, 9.17) is 10.5 Å². The van der Waals surface area contributed by atoms with Gasteiger partial charge in [-0.25, -0.2) is 0 Å². The molecule has 0 saturated heterocycles. The average molecular weight is 332 g/mol. The fraction of sp³-hybridized carbons (Fsp3) is 0.667. The molecule has 0 amide bonds. The first-order chi connectivity index (χ1) is 11.7. The van der Waals surface area contributed by atoms with Crippen molar-refractivity contribution < 1.29 is 9.53 Å². The molecule has 3 nitrogen and oxygen atoms in total. The van der Waals surface area contributed by atoms with E-state index in [-0.39, 0.29) is 5.97 Å². The highest BCUT2D eigenvalue weighted by Crippen LogP contribution is 2.30. The van der Waals surface area contributed by atoms with E-state index >= 15 is 0 Å². The van der Waals surface area contributed by atoms with E-state index in [1.54, 1.807) is 0 Å². The summed E-state index contributed by atoms with van der Waals surface area (Å²) in [6, 6.07) is 9.19. The standard InChI is InChI=1S/C21H33NO2/c1-17(23)24-14-4-2-3-5-18-6-8-19(9-7-18)15-20-10-12-21(16-22)13-11-20/h6-9,20-21H,2-5,10-16,22H2,1H3. The number of benzene rings is 1. The van der Waals surface area contributed by atoms with Crippen LogP contribution >= 0.6 is 0 Å². The Bertz CT molecular complexity index is 475. The Morgan fingerprint density at radius 3 is 2.25 bits per heavy atom. The predicted octanol–water partition coefficient (Wildman–Crippen LogP) is 4.27. The highest BCUT2D eigenvalue weighted by atomic mass is 16.5. The van der Waals surface area contributed by atoms with E-state index in [9.17, 15) is 4.79 Å². The van der Waals surface area contributed by atoms with Crippen molar-refractivity contribution in [1.82, 2.24) is 0 Å². The molecule has 0 heterocycles. The van der Waals surface area contributed by atoms with E-state index in [1.165, 1.54) is 50.2 Å². The Kier molecular flexibility index (Phi) is 8.31. The van der Waals surface area contributed by atoms with Crippen LogP contribution < -0.4 is 5.73 Å². The molecular formula is C21H33NO2. The molecule has 0 bridgehead atoms. The van der Waals surface area contributed by atoms with Gasteiger partial charge in [0.05, 0.1) is 6.61 Å². The minimum Gasteiger partial charge on any atom is -0.466 e. The third kappa shape index (κ3) is 7.04. The highest BCUT2D eigenvalue weighted by molar-refractivity contribution is 5.65. The molecule has 1 aliphatic carbocycles. The van der Waals surface area contributed by atoms with Crippen molar-refractivity contribution in [3.63, 3.8) is 0 Å². The topological polar surface area (TPSA) is 52.3 Å². The molecule has 1 aromatic carbocycles. The monoisotopic (exact) mass is 331 g/mol. The maximum Gasteiger partial charge on any atom is 0.302 e. The van der Waals surface area contributed by atoms with Gasteiger partial charge in [-0.2, -0.15) is 0 Å². The number of nitrogens with two attached hydrogens (primary N) is 1. The zero-order valence-corrected chi connectivity index (χ0v) is 15.1. The Hall–Kier alpha value is -1.35. The van der Waals surface area contributed by atoms with Crippen LogP contribution in [0, 0.1) is 11.8 Å². The van der Waals surface area contributed by atoms with Crippen LogP contribution in [0.25, 0.3) is 0 Å². The number of unbranched alkanes of at least 4 members (excludes halogenated alkanes) is 2. The molecule has 0 unspecified atom stereocenters. The van der Waals surface area contributed by atoms with Gasteiger partial charge in [-0.15, -0.1) is 0 Å². The molecule has 3 heteroatoms. The van der Waals surface area contributed by atoms with Crippen LogP contribution in [0.15, 0.2) is 24.3 Å². The van der Waals surface area contributed by atoms with Crippen LogP contribution in [0.1, 0.15) is 63.0 Å². The molecule has 0 atom stereocenters. The molecule has 1 aromatic rings. The molecule has 134 valence electrons. The molecular weight excluding hydrogens is 298 g/mol. The SMILES string of the molecule is CC(=O)OCCCCCc1ccc(CC2CCC(CN)CC2)cc1. The van der Waals surface area contributed by atoms with E-state index in [0.717, 1.165) is 44.1 Å². The fourth-order valence-corrected chi connectivity index (χ4v) is 3.67. The first kappa shape index (κ1) is 19.0. The molecule has 1 aliphatic rings. The molecule has 0 aromatic heterocycles. The first-order valence-corrected chi connectivity index (χ1v) is 9.58. The second kappa shape index (κ2) is 10.5. The lowest BCUT2D eigenvalue weighted by molar-refractivity contribution is -0.141. The van der Waals surface area contributed by atoms with Crippen LogP contribution in [-0.2, 0) is 22.4 Å². The number of aryl methyl sites for hydroxylation is 1. The summed E-state index contributed by atoms with van der Waals surface area (Å²) in [7, 11) is 0. The van der Waals surface area contributed by atoms with Gasteiger partial charge in [0.1, 0.15) is 0 Å². The lowest BCUT2D eigenvalue weighted by Crippen LogP contribution is -2.22. The third-order valence-electron chi connectivity index (χ3n) is 5.26.